The van der Waals surface area contributed by atoms with E-state index in [2.05, 4.69) is 4.72 Å². The molecule has 1 unspecified atom stereocenters. The third kappa shape index (κ3) is 5.97. The monoisotopic (exact) mass is 509 g/mol. The average molecular weight is 510 g/mol. The summed E-state index contributed by atoms with van der Waals surface area (Å²) in [7, 11) is -3.68. The molecular formula is C29H35NO5S. The van der Waals surface area contributed by atoms with E-state index in [9.17, 15) is 18.3 Å². The Labute approximate surface area is 214 Å². The van der Waals surface area contributed by atoms with Gasteiger partial charge in [-0.25, -0.2) is 13.2 Å². The highest BCUT2D eigenvalue weighted by molar-refractivity contribution is 7.92. The Hall–Kier alpha value is -3.16. The number of aryl methyl sites for hydroxylation is 2. The van der Waals surface area contributed by atoms with Gasteiger partial charge in [0, 0.05) is 11.1 Å². The molecule has 0 saturated carbocycles. The lowest BCUT2D eigenvalue weighted by molar-refractivity contribution is -0.160. The number of hydrogen-bond acceptors (Lipinski definition) is 4. The van der Waals surface area contributed by atoms with Gasteiger partial charge in [-0.05, 0) is 87.4 Å². The maximum Gasteiger partial charge on any atom is 0.337 e. The summed E-state index contributed by atoms with van der Waals surface area (Å²) in [6.45, 7) is 13.1. The minimum atomic E-state index is -3.68. The van der Waals surface area contributed by atoms with Crippen LogP contribution in [0.2, 0.25) is 0 Å². The smallest absolute Gasteiger partial charge is 0.337 e. The second kappa shape index (κ2) is 10.1. The molecule has 0 fully saturated rings. The number of aliphatic carboxylic acids is 1. The number of nitrogens with one attached hydrogen (secondary N) is 1. The fourth-order valence-electron chi connectivity index (χ4n) is 4.49. The van der Waals surface area contributed by atoms with E-state index >= 15 is 0 Å². The Balaban J connectivity index is 2.55. The first-order chi connectivity index (χ1) is 16.6. The largest absolute Gasteiger partial charge is 0.479 e. The van der Waals surface area contributed by atoms with Crippen molar-refractivity contribution < 1.29 is 23.1 Å². The second-order valence-corrected chi connectivity index (χ2v) is 12.0. The van der Waals surface area contributed by atoms with E-state index in [-0.39, 0.29) is 0 Å². The molecule has 0 heterocycles. The van der Waals surface area contributed by atoms with Gasteiger partial charge in [0.1, 0.15) is 0 Å². The molecule has 6 nitrogen and oxygen atoms in total. The van der Waals surface area contributed by atoms with Crippen LogP contribution in [0.5, 0.6) is 0 Å². The fraction of sp³-hybridized carbons (Fsp3) is 0.345. The zero-order valence-corrected chi connectivity index (χ0v) is 23.0. The van der Waals surface area contributed by atoms with Crippen molar-refractivity contribution in [3.63, 3.8) is 0 Å². The van der Waals surface area contributed by atoms with Crippen molar-refractivity contribution in [2.45, 2.75) is 60.2 Å². The minimum absolute atomic E-state index is 0.358. The van der Waals surface area contributed by atoms with Crippen LogP contribution < -0.4 is 4.72 Å². The van der Waals surface area contributed by atoms with Gasteiger partial charge in [-0.15, -0.1) is 0 Å². The summed E-state index contributed by atoms with van der Waals surface area (Å²) in [5, 5.41) is 10.3. The zero-order valence-electron chi connectivity index (χ0n) is 22.2. The molecule has 3 aromatic carbocycles. The molecule has 7 heteroatoms. The van der Waals surface area contributed by atoms with E-state index in [1.54, 1.807) is 27.7 Å². The van der Waals surface area contributed by atoms with E-state index in [1.807, 2.05) is 69.3 Å². The molecule has 0 bridgehead atoms. The Morgan fingerprint density at radius 2 is 1.50 bits per heavy atom. The number of hydrogen-bond donors (Lipinski definition) is 2. The fourth-order valence-corrected chi connectivity index (χ4v) is 5.11. The molecule has 0 radical (unpaired) electrons. The molecule has 0 saturated heterocycles. The predicted octanol–water partition coefficient (Wildman–Crippen LogP) is 6.57. The van der Waals surface area contributed by atoms with Crippen molar-refractivity contribution >= 4 is 21.7 Å². The number of rotatable bonds is 7. The molecular weight excluding hydrogens is 474 g/mol. The summed E-state index contributed by atoms with van der Waals surface area (Å²) in [5.74, 6) is -1.14. The Morgan fingerprint density at radius 3 is 2.00 bits per heavy atom. The van der Waals surface area contributed by atoms with Gasteiger partial charge in [-0.2, -0.15) is 0 Å². The summed E-state index contributed by atoms with van der Waals surface area (Å²) in [5.41, 5.74) is 6.60. The van der Waals surface area contributed by atoms with Crippen LogP contribution >= 0.6 is 0 Å². The molecule has 2 N–H and O–H groups in total. The Morgan fingerprint density at radius 1 is 0.889 bits per heavy atom. The van der Waals surface area contributed by atoms with Crippen LogP contribution in [-0.2, 0) is 19.6 Å². The number of carboxylic acid groups (broad SMARTS) is 1. The van der Waals surface area contributed by atoms with Crippen molar-refractivity contribution in [3.8, 4) is 22.3 Å². The SMILES string of the molecule is Cc1ccc(-c2c(C)c(-c3ccccc3)c(C(OC(C)(C)C)C(=O)O)c(C)c2NS(C)(=O)=O)cc1C. The molecule has 36 heavy (non-hydrogen) atoms. The van der Waals surface area contributed by atoms with Gasteiger partial charge < -0.3 is 9.84 Å². The first-order valence-corrected chi connectivity index (χ1v) is 13.7. The van der Waals surface area contributed by atoms with Crippen molar-refractivity contribution in [3.05, 3.63) is 76.3 Å². The van der Waals surface area contributed by atoms with E-state index in [0.717, 1.165) is 39.6 Å². The van der Waals surface area contributed by atoms with E-state index < -0.39 is 27.7 Å². The minimum Gasteiger partial charge on any atom is -0.479 e. The van der Waals surface area contributed by atoms with Crippen molar-refractivity contribution in [2.75, 3.05) is 11.0 Å². The van der Waals surface area contributed by atoms with Gasteiger partial charge in [0.25, 0.3) is 0 Å². The highest BCUT2D eigenvalue weighted by atomic mass is 32.2. The van der Waals surface area contributed by atoms with Crippen molar-refractivity contribution in [2.24, 2.45) is 0 Å². The third-order valence-electron chi connectivity index (χ3n) is 6.15. The lowest BCUT2D eigenvalue weighted by Gasteiger charge is -2.31. The molecule has 3 aromatic rings. The topological polar surface area (TPSA) is 92.7 Å². The summed E-state index contributed by atoms with van der Waals surface area (Å²) >= 11 is 0. The van der Waals surface area contributed by atoms with E-state index in [0.29, 0.717) is 22.4 Å². The lowest BCUT2D eigenvalue weighted by Crippen LogP contribution is -2.29. The first-order valence-electron chi connectivity index (χ1n) is 11.8. The average Bonchev–Trinajstić information content (AvgIpc) is 2.75. The van der Waals surface area contributed by atoms with Crippen LogP contribution in [0.4, 0.5) is 5.69 Å². The summed E-state index contributed by atoms with van der Waals surface area (Å²) in [4.78, 5) is 12.6. The normalized spacial score (nSPS) is 12.9. The molecule has 3 rings (SSSR count). The van der Waals surface area contributed by atoms with Crippen LogP contribution in [0.3, 0.4) is 0 Å². The molecule has 1 atom stereocenters. The Bertz CT molecular complexity index is 1400. The molecule has 0 aromatic heterocycles. The summed E-state index contributed by atoms with van der Waals surface area (Å²) < 4.78 is 33.8. The molecule has 0 spiro atoms. The van der Waals surface area contributed by atoms with E-state index in [1.165, 1.54) is 0 Å². The molecule has 0 aliphatic rings. The number of sulfonamides is 1. The number of benzene rings is 3. The summed E-state index contributed by atoms with van der Waals surface area (Å²) in [6, 6.07) is 15.5. The van der Waals surface area contributed by atoms with Crippen LogP contribution in [0, 0.1) is 27.7 Å². The number of carbonyl (C=O) groups is 1. The van der Waals surface area contributed by atoms with Crippen LogP contribution in [0.1, 0.15) is 54.7 Å². The van der Waals surface area contributed by atoms with Gasteiger partial charge in [0.05, 0.1) is 17.5 Å². The number of carboxylic acids is 1. The van der Waals surface area contributed by atoms with Gasteiger partial charge in [0.15, 0.2) is 6.10 Å². The Kier molecular flexibility index (Phi) is 7.67. The number of anilines is 1. The quantitative estimate of drug-likeness (QED) is 0.376. The van der Waals surface area contributed by atoms with Crippen LogP contribution in [0.25, 0.3) is 22.3 Å². The summed E-state index contributed by atoms with van der Waals surface area (Å²) in [6.07, 6.45) is -0.218. The van der Waals surface area contributed by atoms with E-state index in [4.69, 9.17) is 4.74 Å². The van der Waals surface area contributed by atoms with Gasteiger partial charge >= 0.3 is 5.97 Å². The van der Waals surface area contributed by atoms with Crippen LogP contribution in [0.15, 0.2) is 48.5 Å². The molecule has 0 amide bonds. The van der Waals surface area contributed by atoms with Gasteiger partial charge in [-0.3, -0.25) is 4.72 Å². The molecule has 192 valence electrons. The maximum absolute atomic E-state index is 12.6. The van der Waals surface area contributed by atoms with Gasteiger partial charge in [0.2, 0.25) is 10.0 Å². The third-order valence-corrected chi connectivity index (χ3v) is 6.73. The maximum atomic E-state index is 12.6. The highest BCUT2D eigenvalue weighted by Crippen LogP contribution is 2.47. The van der Waals surface area contributed by atoms with Gasteiger partial charge in [-0.1, -0.05) is 48.5 Å². The molecule has 0 aliphatic carbocycles. The number of ether oxygens (including phenoxy) is 1. The standard InChI is InChI=1S/C29H35NO5S/c1-17-14-15-22(16-18(17)2)24-19(3)23(21-12-10-9-11-13-21)25(20(4)26(24)30-36(8,33)34)27(28(31)32)35-29(5,6)7/h9-16,27,30H,1-8H3,(H,31,32). The van der Waals surface area contributed by atoms with Crippen molar-refractivity contribution in [1.82, 2.24) is 0 Å². The van der Waals surface area contributed by atoms with Crippen molar-refractivity contribution in [1.29, 1.82) is 0 Å². The predicted molar refractivity (Wildman–Crippen MR) is 146 cm³/mol. The highest BCUT2D eigenvalue weighted by Gasteiger charge is 2.34. The lowest BCUT2D eigenvalue weighted by atomic mass is 9.82. The molecule has 0 aliphatic heterocycles. The van der Waals surface area contributed by atoms with Crippen LogP contribution in [-0.4, -0.2) is 31.4 Å². The zero-order chi connectivity index (χ0) is 27.0. The first kappa shape index (κ1) is 27.4. The second-order valence-electron chi connectivity index (χ2n) is 10.3.